The quantitative estimate of drug-likeness (QED) is 0.684. The van der Waals surface area contributed by atoms with E-state index in [0.717, 1.165) is 17.5 Å². The second kappa shape index (κ2) is 9.91. The van der Waals surface area contributed by atoms with Gasteiger partial charge in [-0.3, -0.25) is 9.59 Å². The number of amides is 4. The van der Waals surface area contributed by atoms with E-state index in [4.69, 9.17) is 5.73 Å². The van der Waals surface area contributed by atoms with Crippen molar-refractivity contribution in [3.63, 3.8) is 0 Å². The Kier molecular flexibility index (Phi) is 7.06. The molecule has 0 atom stereocenters. The first-order valence-corrected chi connectivity index (χ1v) is 10.2. The summed E-state index contributed by atoms with van der Waals surface area (Å²) in [5.74, 6) is -0.491. The number of rotatable bonds is 6. The van der Waals surface area contributed by atoms with Gasteiger partial charge in [0, 0.05) is 36.8 Å². The Hall–Kier alpha value is -3.35. The molecule has 158 valence electrons. The van der Waals surface area contributed by atoms with E-state index in [1.807, 2.05) is 37.3 Å². The van der Waals surface area contributed by atoms with Crippen molar-refractivity contribution in [1.29, 1.82) is 0 Å². The summed E-state index contributed by atoms with van der Waals surface area (Å²) in [6, 6.07) is 14.8. The molecule has 0 aromatic heterocycles. The van der Waals surface area contributed by atoms with Crippen LogP contribution >= 0.6 is 0 Å². The smallest absolute Gasteiger partial charge is 0.321 e. The van der Waals surface area contributed by atoms with Crippen molar-refractivity contribution in [3.05, 3.63) is 65.2 Å². The topological polar surface area (TPSA) is 105 Å². The molecule has 0 bridgehead atoms. The number of nitrogens with zero attached hydrogens (tertiary/aromatic N) is 1. The van der Waals surface area contributed by atoms with Gasteiger partial charge in [-0.1, -0.05) is 36.4 Å². The number of nitrogens with two attached hydrogens (primary N) is 1. The molecule has 1 aliphatic heterocycles. The van der Waals surface area contributed by atoms with Crippen LogP contribution in [0.5, 0.6) is 0 Å². The number of piperidine rings is 1. The Balaban J connectivity index is 1.45. The highest BCUT2D eigenvalue weighted by Gasteiger charge is 2.24. The molecule has 0 aliphatic carbocycles. The molecule has 7 nitrogen and oxygen atoms in total. The number of likely N-dealkylation sites (tertiary alicyclic amines) is 1. The summed E-state index contributed by atoms with van der Waals surface area (Å²) in [5, 5.41) is 5.94. The second-order valence-electron chi connectivity index (χ2n) is 7.64. The van der Waals surface area contributed by atoms with E-state index < -0.39 is 5.91 Å². The van der Waals surface area contributed by atoms with Gasteiger partial charge in [-0.15, -0.1) is 0 Å². The van der Waals surface area contributed by atoms with E-state index in [0.29, 0.717) is 43.6 Å². The number of carbonyl (C=O) groups is 3. The lowest BCUT2D eigenvalue weighted by atomic mass is 10.0. The number of primary amides is 1. The Morgan fingerprint density at radius 2 is 1.77 bits per heavy atom. The Bertz CT molecular complexity index is 906. The average molecular weight is 409 g/mol. The maximum absolute atomic E-state index is 12.6. The fourth-order valence-electron chi connectivity index (χ4n) is 3.53. The molecule has 4 N–H and O–H groups in total. The molecule has 1 aliphatic rings. The van der Waals surface area contributed by atoms with Crippen molar-refractivity contribution in [2.24, 2.45) is 5.73 Å². The predicted octanol–water partition coefficient (Wildman–Crippen LogP) is 2.84. The van der Waals surface area contributed by atoms with E-state index in [1.165, 1.54) is 0 Å². The molecule has 3 rings (SSSR count). The fourth-order valence-corrected chi connectivity index (χ4v) is 3.53. The second-order valence-corrected chi connectivity index (χ2v) is 7.64. The summed E-state index contributed by atoms with van der Waals surface area (Å²) in [6.07, 6.45) is 2.60. The molecule has 1 fully saturated rings. The Labute approximate surface area is 176 Å². The fraction of sp³-hybridized carbons (Fsp3) is 0.348. The molecule has 1 heterocycles. The maximum Gasteiger partial charge on any atom is 0.321 e. The van der Waals surface area contributed by atoms with Gasteiger partial charge in [-0.25, -0.2) is 4.79 Å². The highest BCUT2D eigenvalue weighted by Crippen LogP contribution is 2.19. The molecule has 0 saturated carbocycles. The van der Waals surface area contributed by atoms with Crippen molar-refractivity contribution in [2.45, 2.75) is 38.6 Å². The summed E-state index contributed by atoms with van der Waals surface area (Å²) >= 11 is 0. The van der Waals surface area contributed by atoms with Gasteiger partial charge in [0.05, 0.1) is 0 Å². The van der Waals surface area contributed by atoms with Crippen LogP contribution in [0.4, 0.5) is 10.5 Å². The van der Waals surface area contributed by atoms with Crippen LogP contribution in [-0.4, -0.2) is 41.9 Å². The lowest BCUT2D eigenvalue weighted by Crippen LogP contribution is -2.47. The molecule has 4 amide bonds. The molecule has 0 radical (unpaired) electrons. The summed E-state index contributed by atoms with van der Waals surface area (Å²) in [7, 11) is 0. The van der Waals surface area contributed by atoms with Crippen LogP contribution in [0.25, 0.3) is 0 Å². The Morgan fingerprint density at radius 3 is 2.43 bits per heavy atom. The maximum atomic E-state index is 12.6. The van der Waals surface area contributed by atoms with Crippen LogP contribution in [0.1, 0.15) is 40.7 Å². The minimum absolute atomic E-state index is 0.0423. The molecule has 1 saturated heterocycles. The molecule has 2 aromatic carbocycles. The number of hydrogen-bond acceptors (Lipinski definition) is 3. The van der Waals surface area contributed by atoms with Gasteiger partial charge in [-0.05, 0) is 49.4 Å². The number of nitrogens with one attached hydrogen (secondary N) is 2. The first kappa shape index (κ1) is 21.4. The molecule has 30 heavy (non-hydrogen) atoms. The molecule has 7 heteroatoms. The number of aryl methyl sites for hydroxylation is 2. The third-order valence-electron chi connectivity index (χ3n) is 5.39. The summed E-state index contributed by atoms with van der Waals surface area (Å²) in [4.78, 5) is 37.9. The third kappa shape index (κ3) is 5.83. The van der Waals surface area contributed by atoms with Crippen LogP contribution in [-0.2, 0) is 11.2 Å². The summed E-state index contributed by atoms with van der Waals surface area (Å²) < 4.78 is 0. The van der Waals surface area contributed by atoms with Gasteiger partial charge in [0.25, 0.3) is 0 Å². The molecule has 0 spiro atoms. The highest BCUT2D eigenvalue weighted by molar-refractivity contribution is 5.96. The van der Waals surface area contributed by atoms with Crippen molar-refractivity contribution in [2.75, 3.05) is 18.4 Å². The number of hydrogen-bond donors (Lipinski definition) is 3. The average Bonchev–Trinajstić information content (AvgIpc) is 2.75. The van der Waals surface area contributed by atoms with Gasteiger partial charge < -0.3 is 21.3 Å². The molecular formula is C23H28N4O3. The van der Waals surface area contributed by atoms with Gasteiger partial charge in [0.15, 0.2) is 0 Å². The lowest BCUT2D eigenvalue weighted by molar-refractivity contribution is -0.122. The van der Waals surface area contributed by atoms with Crippen molar-refractivity contribution in [1.82, 2.24) is 10.2 Å². The van der Waals surface area contributed by atoms with Gasteiger partial charge in [0.2, 0.25) is 11.8 Å². The number of benzene rings is 2. The van der Waals surface area contributed by atoms with Crippen LogP contribution in [0, 0.1) is 6.92 Å². The normalized spacial score (nSPS) is 14.2. The summed E-state index contributed by atoms with van der Waals surface area (Å²) in [5.41, 5.74) is 8.25. The number of carbonyl (C=O) groups excluding carboxylic acids is 3. The van der Waals surface area contributed by atoms with Crippen molar-refractivity contribution >= 4 is 23.5 Å². The van der Waals surface area contributed by atoms with E-state index in [-0.39, 0.29) is 18.0 Å². The molecule has 0 unspecified atom stereocenters. The largest absolute Gasteiger partial charge is 0.366 e. The predicted molar refractivity (Wildman–Crippen MR) is 116 cm³/mol. The first-order chi connectivity index (χ1) is 14.4. The minimum Gasteiger partial charge on any atom is -0.366 e. The number of urea groups is 1. The van der Waals surface area contributed by atoms with E-state index >= 15 is 0 Å². The van der Waals surface area contributed by atoms with Gasteiger partial charge >= 0.3 is 6.03 Å². The highest BCUT2D eigenvalue weighted by atomic mass is 16.2. The first-order valence-electron chi connectivity index (χ1n) is 10.2. The minimum atomic E-state index is -0.533. The van der Waals surface area contributed by atoms with Crippen LogP contribution in [0.3, 0.4) is 0 Å². The summed E-state index contributed by atoms with van der Waals surface area (Å²) in [6.45, 7) is 2.98. The Morgan fingerprint density at radius 1 is 1.07 bits per heavy atom. The third-order valence-corrected chi connectivity index (χ3v) is 5.39. The SMILES string of the molecule is Cc1ccc(C(N)=O)cc1NC(=O)N1CCC(NC(=O)CCc2ccccc2)CC1. The molecular weight excluding hydrogens is 380 g/mol. The van der Waals surface area contributed by atoms with Crippen LogP contribution in [0.15, 0.2) is 48.5 Å². The lowest BCUT2D eigenvalue weighted by Gasteiger charge is -2.32. The van der Waals surface area contributed by atoms with Crippen LogP contribution in [0.2, 0.25) is 0 Å². The zero-order valence-electron chi connectivity index (χ0n) is 17.2. The van der Waals surface area contributed by atoms with Crippen molar-refractivity contribution < 1.29 is 14.4 Å². The molecule has 2 aromatic rings. The zero-order chi connectivity index (χ0) is 21.5. The van der Waals surface area contributed by atoms with E-state index in [1.54, 1.807) is 23.1 Å². The standard InChI is InChI=1S/C23H28N4O3/c1-16-7-9-18(22(24)29)15-20(16)26-23(30)27-13-11-19(12-14-27)25-21(28)10-8-17-5-3-2-4-6-17/h2-7,9,15,19H,8,10-14H2,1H3,(H2,24,29)(H,25,28)(H,26,30). The monoisotopic (exact) mass is 408 g/mol. The van der Waals surface area contributed by atoms with E-state index in [9.17, 15) is 14.4 Å². The van der Waals surface area contributed by atoms with Gasteiger partial charge in [0.1, 0.15) is 0 Å². The van der Waals surface area contributed by atoms with Crippen molar-refractivity contribution in [3.8, 4) is 0 Å². The zero-order valence-corrected chi connectivity index (χ0v) is 17.2. The van der Waals surface area contributed by atoms with E-state index in [2.05, 4.69) is 10.6 Å². The number of anilines is 1. The van der Waals surface area contributed by atoms with Crippen LogP contribution < -0.4 is 16.4 Å². The van der Waals surface area contributed by atoms with Gasteiger partial charge in [-0.2, -0.15) is 0 Å².